The highest BCUT2D eigenvalue weighted by atomic mass is 35.5. The van der Waals surface area contributed by atoms with E-state index in [-0.39, 0.29) is 16.8 Å². The Kier molecular flexibility index (Phi) is 4.49. The van der Waals surface area contributed by atoms with Crippen LogP contribution in [0.15, 0.2) is 18.2 Å². The molecule has 0 atom stereocenters. The number of hydrogen-bond acceptors (Lipinski definition) is 3. The number of nitro benzene ring substituents is 1. The minimum absolute atomic E-state index is 0.179. The lowest BCUT2D eigenvalue weighted by molar-refractivity contribution is -0.384. The van der Waals surface area contributed by atoms with Gasteiger partial charge < -0.3 is 5.11 Å². The number of rotatable bonds is 3. The average molecular weight is 254 g/mol. The first-order chi connectivity index (χ1) is 8.06. The van der Waals surface area contributed by atoms with Gasteiger partial charge in [0.2, 0.25) is 0 Å². The minimum Gasteiger partial charge on any atom is -0.478 e. The van der Waals surface area contributed by atoms with Gasteiger partial charge in [-0.15, -0.1) is 11.6 Å². The molecule has 88 valence electrons. The maximum atomic E-state index is 10.9. The lowest BCUT2D eigenvalue weighted by Gasteiger charge is -1.98. The van der Waals surface area contributed by atoms with E-state index in [0.717, 1.165) is 6.07 Å². The van der Waals surface area contributed by atoms with Crippen molar-refractivity contribution in [1.82, 2.24) is 0 Å². The zero-order chi connectivity index (χ0) is 12.8. The number of halogens is 1. The summed E-state index contributed by atoms with van der Waals surface area (Å²) < 4.78 is 0. The van der Waals surface area contributed by atoms with Crippen LogP contribution in [0.25, 0.3) is 0 Å². The fourth-order valence-corrected chi connectivity index (χ4v) is 1.23. The summed E-state index contributed by atoms with van der Waals surface area (Å²) in [6, 6.07) is 3.53. The molecule has 0 saturated carbocycles. The second kappa shape index (κ2) is 5.87. The van der Waals surface area contributed by atoms with Crippen molar-refractivity contribution in [2.75, 3.05) is 5.88 Å². The molecule has 0 heterocycles. The topological polar surface area (TPSA) is 80.4 Å². The third kappa shape index (κ3) is 3.47. The van der Waals surface area contributed by atoms with Crippen molar-refractivity contribution in [3.63, 3.8) is 0 Å². The molecule has 0 fully saturated rings. The van der Waals surface area contributed by atoms with Gasteiger partial charge in [0.25, 0.3) is 5.69 Å². The van der Waals surface area contributed by atoms with Crippen LogP contribution >= 0.6 is 11.6 Å². The molecule has 0 bridgehead atoms. The third-order valence-corrected chi connectivity index (χ3v) is 2.08. The van der Waals surface area contributed by atoms with Crippen molar-refractivity contribution in [1.29, 1.82) is 0 Å². The van der Waals surface area contributed by atoms with E-state index in [0.29, 0.717) is 12.3 Å². The summed E-state index contributed by atoms with van der Waals surface area (Å²) in [6.07, 6.45) is 0.428. The number of nitro groups is 1. The molecule has 0 aliphatic carbocycles. The fraction of sp³-hybridized carbons (Fsp3) is 0.182. The van der Waals surface area contributed by atoms with Crippen LogP contribution in [0.5, 0.6) is 0 Å². The van der Waals surface area contributed by atoms with Crippen LogP contribution in [-0.2, 0) is 0 Å². The number of carboxylic acid groups (broad SMARTS) is 1. The number of aromatic carboxylic acids is 1. The number of carbonyl (C=O) groups is 1. The number of nitrogens with zero attached hydrogens (tertiary/aromatic N) is 1. The van der Waals surface area contributed by atoms with Crippen LogP contribution in [0.4, 0.5) is 5.69 Å². The molecule has 1 rings (SSSR count). The molecule has 17 heavy (non-hydrogen) atoms. The van der Waals surface area contributed by atoms with Crippen LogP contribution in [0.3, 0.4) is 0 Å². The van der Waals surface area contributed by atoms with Gasteiger partial charge in [-0.25, -0.2) is 4.79 Å². The van der Waals surface area contributed by atoms with Gasteiger partial charge in [-0.05, 0) is 6.07 Å². The summed E-state index contributed by atoms with van der Waals surface area (Å²) in [5.41, 5.74) is -0.209. The van der Waals surface area contributed by atoms with Gasteiger partial charge in [-0.1, -0.05) is 11.8 Å². The van der Waals surface area contributed by atoms with Crippen molar-refractivity contribution in [2.24, 2.45) is 0 Å². The molecule has 0 unspecified atom stereocenters. The molecule has 0 amide bonds. The zero-order valence-corrected chi connectivity index (χ0v) is 9.40. The van der Waals surface area contributed by atoms with Crippen molar-refractivity contribution >= 4 is 23.3 Å². The molecule has 0 aliphatic rings. The van der Waals surface area contributed by atoms with Crippen molar-refractivity contribution in [3.05, 3.63) is 39.4 Å². The molecule has 0 radical (unpaired) electrons. The number of benzene rings is 1. The molecule has 1 aromatic carbocycles. The first-order valence-corrected chi connectivity index (χ1v) is 5.16. The van der Waals surface area contributed by atoms with Crippen molar-refractivity contribution in [3.8, 4) is 11.8 Å². The Morgan fingerprint density at radius 3 is 2.76 bits per heavy atom. The van der Waals surface area contributed by atoms with Gasteiger partial charge >= 0.3 is 5.97 Å². The first kappa shape index (κ1) is 13.0. The van der Waals surface area contributed by atoms with E-state index in [9.17, 15) is 14.9 Å². The standard InChI is InChI=1S/C11H8ClNO4/c12-6-2-1-3-8-4-5-9(13(16)17)7-10(8)11(14)15/h4-5,7H,2,6H2,(H,14,15). The van der Waals surface area contributed by atoms with Crippen LogP contribution in [-0.4, -0.2) is 21.9 Å². The molecular formula is C11H8ClNO4. The van der Waals surface area contributed by atoms with Gasteiger partial charge in [0.1, 0.15) is 0 Å². The average Bonchev–Trinajstić information content (AvgIpc) is 2.29. The highest BCUT2D eigenvalue weighted by Gasteiger charge is 2.14. The van der Waals surface area contributed by atoms with Gasteiger partial charge in [0, 0.05) is 30.0 Å². The molecule has 5 nitrogen and oxygen atoms in total. The van der Waals surface area contributed by atoms with Crippen LogP contribution in [0, 0.1) is 22.0 Å². The SMILES string of the molecule is O=C(O)c1cc([N+](=O)[O-])ccc1C#CCCCl. The Morgan fingerprint density at radius 2 is 2.24 bits per heavy atom. The maximum absolute atomic E-state index is 10.9. The minimum atomic E-state index is -1.25. The summed E-state index contributed by atoms with van der Waals surface area (Å²) in [6.45, 7) is 0. The summed E-state index contributed by atoms with van der Waals surface area (Å²) >= 11 is 5.43. The smallest absolute Gasteiger partial charge is 0.337 e. The molecule has 0 saturated heterocycles. The van der Waals surface area contributed by atoms with Crippen molar-refractivity contribution < 1.29 is 14.8 Å². The van der Waals surface area contributed by atoms with E-state index in [1.807, 2.05) is 0 Å². The second-order valence-electron chi connectivity index (χ2n) is 3.03. The zero-order valence-electron chi connectivity index (χ0n) is 8.64. The quantitative estimate of drug-likeness (QED) is 0.388. The van der Waals surface area contributed by atoms with E-state index < -0.39 is 10.9 Å². The summed E-state index contributed by atoms with van der Waals surface area (Å²) in [5.74, 6) is 4.41. The molecule has 1 aromatic rings. The lowest BCUT2D eigenvalue weighted by atomic mass is 10.1. The first-order valence-electron chi connectivity index (χ1n) is 4.63. The molecule has 0 aromatic heterocycles. The normalized spacial score (nSPS) is 9.24. The van der Waals surface area contributed by atoms with Crippen LogP contribution in [0.2, 0.25) is 0 Å². The highest BCUT2D eigenvalue weighted by Crippen LogP contribution is 2.17. The predicted molar refractivity (Wildman–Crippen MR) is 62.3 cm³/mol. The Bertz CT molecular complexity index is 516. The van der Waals surface area contributed by atoms with E-state index in [1.54, 1.807) is 0 Å². The molecule has 1 N–H and O–H groups in total. The van der Waals surface area contributed by atoms with E-state index in [4.69, 9.17) is 16.7 Å². The van der Waals surface area contributed by atoms with Crippen LogP contribution < -0.4 is 0 Å². The third-order valence-electron chi connectivity index (χ3n) is 1.89. The molecule has 6 heteroatoms. The Balaban J connectivity index is 3.19. The van der Waals surface area contributed by atoms with Crippen molar-refractivity contribution in [2.45, 2.75) is 6.42 Å². The predicted octanol–water partition coefficient (Wildman–Crippen LogP) is 2.27. The second-order valence-corrected chi connectivity index (χ2v) is 3.41. The monoisotopic (exact) mass is 253 g/mol. The summed E-state index contributed by atoms with van der Waals surface area (Å²) in [4.78, 5) is 20.8. The van der Waals surface area contributed by atoms with Gasteiger partial charge in [0.05, 0.1) is 10.5 Å². The van der Waals surface area contributed by atoms with Crippen LogP contribution in [0.1, 0.15) is 22.3 Å². The number of non-ortho nitro benzene ring substituents is 1. The number of carboxylic acids is 1. The Morgan fingerprint density at radius 1 is 1.53 bits per heavy atom. The van der Waals surface area contributed by atoms with E-state index >= 15 is 0 Å². The molecular weight excluding hydrogens is 246 g/mol. The van der Waals surface area contributed by atoms with Gasteiger partial charge in [0.15, 0.2) is 0 Å². The maximum Gasteiger partial charge on any atom is 0.337 e. The van der Waals surface area contributed by atoms with Gasteiger partial charge in [-0.2, -0.15) is 0 Å². The number of hydrogen-bond donors (Lipinski definition) is 1. The fourth-order valence-electron chi connectivity index (χ4n) is 1.14. The van der Waals surface area contributed by atoms with E-state index in [1.165, 1.54) is 12.1 Å². The van der Waals surface area contributed by atoms with E-state index in [2.05, 4.69) is 11.8 Å². The Labute approximate surface area is 102 Å². The van der Waals surface area contributed by atoms with Gasteiger partial charge in [-0.3, -0.25) is 10.1 Å². The molecule has 0 spiro atoms. The highest BCUT2D eigenvalue weighted by molar-refractivity contribution is 6.18. The largest absolute Gasteiger partial charge is 0.478 e. The Hall–Kier alpha value is -2.06. The summed E-state index contributed by atoms with van der Waals surface area (Å²) in [7, 11) is 0. The molecule has 0 aliphatic heterocycles. The number of alkyl halides is 1. The lowest BCUT2D eigenvalue weighted by Crippen LogP contribution is -2.01. The summed E-state index contributed by atoms with van der Waals surface area (Å²) in [5, 5.41) is 19.4.